The van der Waals surface area contributed by atoms with Gasteiger partial charge in [0.05, 0.1) is 0 Å². The van der Waals surface area contributed by atoms with Gasteiger partial charge in [0, 0.05) is 19.6 Å². The lowest BCUT2D eigenvalue weighted by atomic mass is 10.0. The zero-order valence-electron chi connectivity index (χ0n) is 11.1. The molecule has 0 amide bonds. The molecule has 3 heteroatoms. The van der Waals surface area contributed by atoms with E-state index in [9.17, 15) is 0 Å². The fourth-order valence-electron chi connectivity index (χ4n) is 1.66. The summed E-state index contributed by atoms with van der Waals surface area (Å²) in [5.74, 6) is 1.50. The Bertz CT molecular complexity index is 337. The van der Waals surface area contributed by atoms with Gasteiger partial charge in [-0.05, 0) is 36.1 Å². The fraction of sp³-hybridized carbons (Fsp3) is 0.571. The number of hydrogen-bond acceptors (Lipinski definition) is 3. The highest BCUT2D eigenvalue weighted by molar-refractivity contribution is 5.35. The second-order valence-corrected chi connectivity index (χ2v) is 4.62. The Hall–Kier alpha value is -1.06. The second kappa shape index (κ2) is 7.30. The predicted octanol–water partition coefficient (Wildman–Crippen LogP) is 2.05. The Morgan fingerprint density at radius 1 is 1.24 bits per heavy atom. The first-order valence-electron chi connectivity index (χ1n) is 6.28. The van der Waals surface area contributed by atoms with Crippen LogP contribution in [-0.4, -0.2) is 26.2 Å². The fourth-order valence-corrected chi connectivity index (χ4v) is 1.66. The van der Waals surface area contributed by atoms with Crippen LogP contribution in [0.5, 0.6) is 5.75 Å². The van der Waals surface area contributed by atoms with Crippen molar-refractivity contribution < 1.29 is 4.74 Å². The normalized spacial score (nSPS) is 10.9. The highest BCUT2D eigenvalue weighted by Crippen LogP contribution is 2.22. The molecule has 0 saturated heterocycles. The van der Waals surface area contributed by atoms with Crippen LogP contribution in [0.2, 0.25) is 0 Å². The third kappa shape index (κ3) is 5.20. The van der Waals surface area contributed by atoms with Crippen LogP contribution in [-0.2, 0) is 0 Å². The van der Waals surface area contributed by atoms with E-state index in [0.717, 1.165) is 18.8 Å². The average molecular weight is 236 g/mol. The summed E-state index contributed by atoms with van der Waals surface area (Å²) in [6, 6.07) is 6.42. The van der Waals surface area contributed by atoms with Crippen LogP contribution >= 0.6 is 0 Å². The van der Waals surface area contributed by atoms with E-state index in [0.29, 0.717) is 19.1 Å². The molecular formula is C14H24N2O. The zero-order chi connectivity index (χ0) is 12.7. The number of aryl methyl sites for hydroxylation is 1. The summed E-state index contributed by atoms with van der Waals surface area (Å²) < 4.78 is 5.72. The Morgan fingerprint density at radius 3 is 2.65 bits per heavy atom. The monoisotopic (exact) mass is 236 g/mol. The summed E-state index contributed by atoms with van der Waals surface area (Å²) in [5, 5.41) is 3.21. The smallest absolute Gasteiger partial charge is 0.119 e. The summed E-state index contributed by atoms with van der Waals surface area (Å²) in [6.45, 7) is 9.52. The van der Waals surface area contributed by atoms with Crippen LogP contribution in [0.1, 0.15) is 30.9 Å². The van der Waals surface area contributed by atoms with E-state index < -0.39 is 0 Å². The lowest BCUT2D eigenvalue weighted by Crippen LogP contribution is -2.26. The van der Waals surface area contributed by atoms with Crippen molar-refractivity contribution in [2.45, 2.75) is 26.7 Å². The third-order valence-electron chi connectivity index (χ3n) is 2.61. The third-order valence-corrected chi connectivity index (χ3v) is 2.61. The predicted molar refractivity (Wildman–Crippen MR) is 72.7 cm³/mol. The Balaban J connectivity index is 2.47. The Labute approximate surface area is 104 Å². The van der Waals surface area contributed by atoms with Crippen molar-refractivity contribution in [3.05, 3.63) is 29.3 Å². The first-order valence-corrected chi connectivity index (χ1v) is 6.28. The minimum Gasteiger partial charge on any atom is -0.492 e. The van der Waals surface area contributed by atoms with E-state index >= 15 is 0 Å². The Morgan fingerprint density at radius 2 is 2.00 bits per heavy atom. The van der Waals surface area contributed by atoms with Crippen molar-refractivity contribution in [3.63, 3.8) is 0 Å². The van der Waals surface area contributed by atoms with Gasteiger partial charge in [-0.15, -0.1) is 0 Å². The van der Waals surface area contributed by atoms with Gasteiger partial charge in [-0.1, -0.05) is 19.9 Å². The molecule has 0 aliphatic heterocycles. The second-order valence-electron chi connectivity index (χ2n) is 4.62. The van der Waals surface area contributed by atoms with Gasteiger partial charge in [-0.3, -0.25) is 0 Å². The van der Waals surface area contributed by atoms with Crippen LogP contribution in [0.25, 0.3) is 0 Å². The topological polar surface area (TPSA) is 47.3 Å². The maximum Gasteiger partial charge on any atom is 0.119 e. The summed E-state index contributed by atoms with van der Waals surface area (Å²) in [7, 11) is 0. The van der Waals surface area contributed by atoms with Crippen LogP contribution in [0.4, 0.5) is 0 Å². The minimum absolute atomic E-state index is 0.535. The molecule has 0 unspecified atom stereocenters. The standard InChI is InChI=1S/C14H24N2O/c1-11(2)13-8-12(3)9-14(10-13)17-7-6-16-5-4-15/h8-11,16H,4-7,15H2,1-3H3. The first kappa shape index (κ1) is 14.0. The lowest BCUT2D eigenvalue weighted by molar-refractivity contribution is 0.314. The zero-order valence-corrected chi connectivity index (χ0v) is 11.1. The van der Waals surface area contributed by atoms with Gasteiger partial charge in [0.2, 0.25) is 0 Å². The van der Waals surface area contributed by atoms with E-state index in [1.165, 1.54) is 11.1 Å². The molecule has 0 aliphatic rings. The molecule has 0 radical (unpaired) electrons. The molecule has 1 aromatic rings. The van der Waals surface area contributed by atoms with Gasteiger partial charge in [-0.2, -0.15) is 0 Å². The van der Waals surface area contributed by atoms with Crippen LogP contribution in [0.3, 0.4) is 0 Å². The van der Waals surface area contributed by atoms with E-state index in [1.807, 2.05) is 0 Å². The number of rotatable bonds is 7. The molecule has 3 N–H and O–H groups in total. The highest BCUT2D eigenvalue weighted by Gasteiger charge is 2.03. The number of nitrogens with two attached hydrogens (primary N) is 1. The summed E-state index contributed by atoms with van der Waals surface area (Å²) in [5.41, 5.74) is 7.97. The van der Waals surface area contributed by atoms with Gasteiger partial charge in [0.1, 0.15) is 12.4 Å². The molecule has 0 fully saturated rings. The molecule has 17 heavy (non-hydrogen) atoms. The van der Waals surface area contributed by atoms with Crippen molar-refractivity contribution in [2.24, 2.45) is 5.73 Å². The molecule has 0 bridgehead atoms. The van der Waals surface area contributed by atoms with Crippen molar-refractivity contribution in [1.82, 2.24) is 5.32 Å². The van der Waals surface area contributed by atoms with Crippen molar-refractivity contribution in [3.8, 4) is 5.75 Å². The van der Waals surface area contributed by atoms with Crippen LogP contribution < -0.4 is 15.8 Å². The summed E-state index contributed by atoms with van der Waals surface area (Å²) in [4.78, 5) is 0. The molecule has 0 aromatic heterocycles. The molecule has 0 saturated carbocycles. The van der Waals surface area contributed by atoms with Crippen molar-refractivity contribution >= 4 is 0 Å². The average Bonchev–Trinajstić information content (AvgIpc) is 2.28. The molecule has 0 heterocycles. The van der Waals surface area contributed by atoms with E-state index in [1.54, 1.807) is 0 Å². The number of ether oxygens (including phenoxy) is 1. The highest BCUT2D eigenvalue weighted by atomic mass is 16.5. The number of hydrogen-bond donors (Lipinski definition) is 2. The molecule has 1 aromatic carbocycles. The van der Waals surface area contributed by atoms with E-state index in [4.69, 9.17) is 10.5 Å². The van der Waals surface area contributed by atoms with Crippen LogP contribution in [0, 0.1) is 6.92 Å². The molecule has 0 atom stereocenters. The lowest BCUT2D eigenvalue weighted by Gasteiger charge is -2.12. The maximum atomic E-state index is 5.72. The maximum absolute atomic E-state index is 5.72. The van der Waals surface area contributed by atoms with E-state index in [-0.39, 0.29) is 0 Å². The van der Waals surface area contributed by atoms with E-state index in [2.05, 4.69) is 44.3 Å². The van der Waals surface area contributed by atoms with Gasteiger partial charge < -0.3 is 15.8 Å². The first-order chi connectivity index (χ1) is 8.13. The van der Waals surface area contributed by atoms with Gasteiger partial charge in [0.15, 0.2) is 0 Å². The molecule has 0 spiro atoms. The molecule has 1 rings (SSSR count). The number of nitrogens with one attached hydrogen (secondary N) is 1. The van der Waals surface area contributed by atoms with Crippen LogP contribution in [0.15, 0.2) is 18.2 Å². The minimum atomic E-state index is 0.535. The summed E-state index contributed by atoms with van der Waals surface area (Å²) in [6.07, 6.45) is 0. The van der Waals surface area contributed by atoms with Gasteiger partial charge >= 0.3 is 0 Å². The number of benzene rings is 1. The Kier molecular flexibility index (Phi) is 6.01. The summed E-state index contributed by atoms with van der Waals surface area (Å²) >= 11 is 0. The van der Waals surface area contributed by atoms with Gasteiger partial charge in [-0.25, -0.2) is 0 Å². The molecular weight excluding hydrogens is 212 g/mol. The molecule has 0 aliphatic carbocycles. The quantitative estimate of drug-likeness (QED) is 0.712. The largest absolute Gasteiger partial charge is 0.492 e. The molecule has 3 nitrogen and oxygen atoms in total. The SMILES string of the molecule is Cc1cc(OCCNCCN)cc(C(C)C)c1. The van der Waals surface area contributed by atoms with Crippen molar-refractivity contribution in [1.29, 1.82) is 0 Å². The van der Waals surface area contributed by atoms with Crippen molar-refractivity contribution in [2.75, 3.05) is 26.2 Å². The molecule has 96 valence electrons. The van der Waals surface area contributed by atoms with Gasteiger partial charge in [0.25, 0.3) is 0 Å².